The highest BCUT2D eigenvalue weighted by Gasteiger charge is 2.13. The van der Waals surface area contributed by atoms with Crippen LogP contribution >= 0.6 is 15.9 Å². The molecule has 4 nitrogen and oxygen atoms in total. The first-order chi connectivity index (χ1) is 10.5. The Kier molecular flexibility index (Phi) is 5.18. The molecule has 5 heteroatoms. The molecule has 0 spiro atoms. The molecule has 22 heavy (non-hydrogen) atoms. The van der Waals surface area contributed by atoms with E-state index in [2.05, 4.69) is 21.2 Å². The van der Waals surface area contributed by atoms with Gasteiger partial charge in [-0.25, -0.2) is 0 Å². The largest absolute Gasteiger partial charge is 0.496 e. The minimum atomic E-state index is -0.212. The lowest BCUT2D eigenvalue weighted by atomic mass is 10.1. The zero-order chi connectivity index (χ0) is 16.1. The number of hydrogen-bond donors (Lipinski definition) is 1. The molecule has 0 aliphatic carbocycles. The third-order valence-corrected chi connectivity index (χ3v) is 3.90. The number of benzene rings is 2. The lowest BCUT2D eigenvalue weighted by Gasteiger charge is -2.16. The van der Waals surface area contributed by atoms with Gasteiger partial charge in [-0.05, 0) is 58.7 Å². The molecule has 0 fully saturated rings. The minimum absolute atomic E-state index is 0.166. The molecule has 2 rings (SSSR count). The van der Waals surface area contributed by atoms with Crippen molar-refractivity contribution < 1.29 is 9.53 Å². The Morgan fingerprint density at radius 3 is 2.73 bits per heavy atom. The Labute approximate surface area is 137 Å². The fraction of sp³-hybridized carbons (Fsp3) is 0.176. The summed E-state index contributed by atoms with van der Waals surface area (Å²) in [5.74, 6) is 0.528. The van der Waals surface area contributed by atoms with Crippen molar-refractivity contribution in [3.8, 4) is 11.8 Å². The Hall–Kier alpha value is -2.32. The van der Waals surface area contributed by atoms with Crippen molar-refractivity contribution in [3.05, 3.63) is 63.6 Å². The molecule has 0 aromatic heterocycles. The second kappa shape index (κ2) is 7.10. The van der Waals surface area contributed by atoms with Crippen LogP contribution in [0.4, 0.5) is 0 Å². The summed E-state index contributed by atoms with van der Waals surface area (Å²) < 4.78 is 6.02. The molecule has 0 saturated heterocycles. The molecular formula is C17H15BrN2O2. The monoisotopic (exact) mass is 358 g/mol. The van der Waals surface area contributed by atoms with Crippen LogP contribution in [0.2, 0.25) is 0 Å². The zero-order valence-electron chi connectivity index (χ0n) is 12.3. The van der Waals surface area contributed by atoms with E-state index in [0.29, 0.717) is 11.1 Å². The minimum Gasteiger partial charge on any atom is -0.496 e. The smallest absolute Gasteiger partial charge is 0.251 e. The van der Waals surface area contributed by atoms with E-state index in [1.165, 1.54) is 0 Å². The standard InChI is InChI=1S/C17H15BrN2O2/c1-11(13-6-7-16(22-2)15(18)9-13)20-17(21)14-5-3-4-12(8-14)10-19/h3-9,11H,1-2H3,(H,20,21). The molecular weight excluding hydrogens is 344 g/mol. The number of amides is 1. The lowest BCUT2D eigenvalue weighted by Crippen LogP contribution is -2.26. The van der Waals surface area contributed by atoms with Gasteiger partial charge < -0.3 is 10.1 Å². The molecule has 1 N–H and O–H groups in total. The predicted molar refractivity (Wildman–Crippen MR) is 87.7 cm³/mol. The van der Waals surface area contributed by atoms with Crippen LogP contribution in [0.15, 0.2) is 46.9 Å². The van der Waals surface area contributed by atoms with Gasteiger partial charge in [0.1, 0.15) is 5.75 Å². The van der Waals surface area contributed by atoms with Gasteiger partial charge in [0, 0.05) is 5.56 Å². The van der Waals surface area contributed by atoms with Crippen molar-refractivity contribution in [3.63, 3.8) is 0 Å². The molecule has 0 saturated carbocycles. The summed E-state index contributed by atoms with van der Waals surface area (Å²) in [5, 5.41) is 11.8. The van der Waals surface area contributed by atoms with Gasteiger partial charge in [-0.3, -0.25) is 4.79 Å². The topological polar surface area (TPSA) is 62.1 Å². The van der Waals surface area contributed by atoms with Crippen LogP contribution < -0.4 is 10.1 Å². The van der Waals surface area contributed by atoms with Gasteiger partial charge in [0.15, 0.2) is 0 Å². The van der Waals surface area contributed by atoms with Crippen LogP contribution in [0.1, 0.15) is 34.5 Å². The summed E-state index contributed by atoms with van der Waals surface area (Å²) in [6.45, 7) is 1.90. The summed E-state index contributed by atoms with van der Waals surface area (Å²) in [4.78, 5) is 12.2. The van der Waals surface area contributed by atoms with Crippen LogP contribution in [0, 0.1) is 11.3 Å². The maximum absolute atomic E-state index is 12.2. The van der Waals surface area contributed by atoms with E-state index in [9.17, 15) is 4.79 Å². The normalized spacial score (nSPS) is 11.4. The molecule has 0 heterocycles. The van der Waals surface area contributed by atoms with Gasteiger partial charge in [-0.2, -0.15) is 5.26 Å². The van der Waals surface area contributed by atoms with Crippen molar-refractivity contribution in [2.45, 2.75) is 13.0 Å². The average Bonchev–Trinajstić information content (AvgIpc) is 2.54. The molecule has 0 bridgehead atoms. The maximum Gasteiger partial charge on any atom is 0.251 e. The van der Waals surface area contributed by atoms with Crippen molar-refractivity contribution in [1.29, 1.82) is 5.26 Å². The van der Waals surface area contributed by atoms with Crippen LogP contribution in [0.25, 0.3) is 0 Å². The van der Waals surface area contributed by atoms with Crippen LogP contribution in [0.5, 0.6) is 5.75 Å². The van der Waals surface area contributed by atoms with E-state index in [1.54, 1.807) is 31.4 Å². The summed E-state index contributed by atoms with van der Waals surface area (Å²) in [6, 6.07) is 14.1. The molecule has 0 aliphatic heterocycles. The second-order valence-corrected chi connectivity index (χ2v) is 5.64. The number of rotatable bonds is 4. The number of carbonyl (C=O) groups excluding carboxylic acids is 1. The van der Waals surface area contributed by atoms with E-state index in [0.717, 1.165) is 15.8 Å². The number of halogens is 1. The van der Waals surface area contributed by atoms with Gasteiger partial charge in [0.05, 0.1) is 29.3 Å². The molecule has 1 unspecified atom stereocenters. The van der Waals surface area contributed by atoms with E-state index in [4.69, 9.17) is 10.00 Å². The SMILES string of the molecule is COc1ccc(C(C)NC(=O)c2cccc(C#N)c2)cc1Br. The third-order valence-electron chi connectivity index (χ3n) is 3.28. The number of nitriles is 1. The van der Waals surface area contributed by atoms with Crippen molar-refractivity contribution in [2.24, 2.45) is 0 Å². The number of nitrogens with zero attached hydrogens (tertiary/aromatic N) is 1. The van der Waals surface area contributed by atoms with Crippen molar-refractivity contribution in [1.82, 2.24) is 5.32 Å². The van der Waals surface area contributed by atoms with Gasteiger partial charge >= 0.3 is 0 Å². The van der Waals surface area contributed by atoms with E-state index in [1.807, 2.05) is 31.2 Å². The predicted octanol–water partition coefficient (Wildman–Crippen LogP) is 3.82. The van der Waals surface area contributed by atoms with Gasteiger partial charge in [0.25, 0.3) is 5.91 Å². The lowest BCUT2D eigenvalue weighted by molar-refractivity contribution is 0.0940. The molecule has 1 amide bonds. The molecule has 112 valence electrons. The van der Waals surface area contributed by atoms with Gasteiger partial charge in [0.2, 0.25) is 0 Å². The number of ether oxygens (including phenoxy) is 1. The fourth-order valence-corrected chi connectivity index (χ4v) is 2.60. The Bertz CT molecular complexity index is 738. The van der Waals surface area contributed by atoms with E-state index in [-0.39, 0.29) is 11.9 Å². The number of carbonyl (C=O) groups is 1. The van der Waals surface area contributed by atoms with Gasteiger partial charge in [-0.15, -0.1) is 0 Å². The average molecular weight is 359 g/mol. The van der Waals surface area contributed by atoms with E-state index < -0.39 is 0 Å². The molecule has 0 aliphatic rings. The first-order valence-electron chi connectivity index (χ1n) is 6.69. The van der Waals surface area contributed by atoms with Crippen molar-refractivity contribution in [2.75, 3.05) is 7.11 Å². The number of nitrogens with one attached hydrogen (secondary N) is 1. The summed E-state index contributed by atoms with van der Waals surface area (Å²) in [5.41, 5.74) is 1.89. The quantitative estimate of drug-likeness (QED) is 0.903. The number of hydrogen-bond acceptors (Lipinski definition) is 3. The Balaban J connectivity index is 2.14. The summed E-state index contributed by atoms with van der Waals surface area (Å²) >= 11 is 3.43. The van der Waals surface area contributed by atoms with Gasteiger partial charge in [-0.1, -0.05) is 12.1 Å². The fourth-order valence-electron chi connectivity index (χ4n) is 2.05. The first-order valence-corrected chi connectivity index (χ1v) is 7.49. The number of methoxy groups -OCH3 is 1. The Morgan fingerprint density at radius 1 is 1.32 bits per heavy atom. The highest BCUT2D eigenvalue weighted by Crippen LogP contribution is 2.28. The highest BCUT2D eigenvalue weighted by atomic mass is 79.9. The highest BCUT2D eigenvalue weighted by molar-refractivity contribution is 9.10. The summed E-state index contributed by atoms with van der Waals surface area (Å²) in [6.07, 6.45) is 0. The van der Waals surface area contributed by atoms with Crippen LogP contribution in [-0.2, 0) is 0 Å². The second-order valence-electron chi connectivity index (χ2n) is 4.78. The molecule has 1 atom stereocenters. The van der Waals surface area contributed by atoms with Crippen LogP contribution in [0.3, 0.4) is 0 Å². The van der Waals surface area contributed by atoms with Crippen LogP contribution in [-0.4, -0.2) is 13.0 Å². The van der Waals surface area contributed by atoms with E-state index >= 15 is 0 Å². The molecule has 0 radical (unpaired) electrons. The maximum atomic E-state index is 12.2. The zero-order valence-corrected chi connectivity index (χ0v) is 13.8. The molecule has 2 aromatic rings. The van der Waals surface area contributed by atoms with Crippen molar-refractivity contribution >= 4 is 21.8 Å². The third kappa shape index (κ3) is 3.66. The first kappa shape index (κ1) is 16.1. The molecule has 2 aromatic carbocycles. The summed E-state index contributed by atoms with van der Waals surface area (Å²) in [7, 11) is 1.60. The Morgan fingerprint density at radius 2 is 2.09 bits per heavy atom.